The van der Waals surface area contributed by atoms with Gasteiger partial charge in [-0.05, 0) is 34.6 Å². The van der Waals surface area contributed by atoms with Crippen LogP contribution in [0.3, 0.4) is 0 Å². The number of hydrogen-bond acceptors (Lipinski definition) is 4. The largest absolute Gasteiger partial charge is 0.389 e. The SMILES string of the molecule is CC(C)N(CC#N)CC(O)COC(C)(C)C. The Morgan fingerprint density at radius 2 is 1.94 bits per heavy atom. The zero-order chi connectivity index (χ0) is 12.8. The molecule has 0 fully saturated rings. The Bertz CT molecular complexity index is 228. The van der Waals surface area contributed by atoms with E-state index in [1.807, 2.05) is 39.5 Å². The molecule has 4 heteroatoms. The highest BCUT2D eigenvalue weighted by atomic mass is 16.5. The average molecular weight is 228 g/mol. The minimum atomic E-state index is -0.546. The normalized spacial score (nSPS) is 14.2. The summed E-state index contributed by atoms with van der Waals surface area (Å²) in [6, 6.07) is 2.35. The molecular formula is C12H24N2O2. The predicted octanol–water partition coefficient (Wildman–Crippen LogP) is 1.40. The summed E-state index contributed by atoms with van der Waals surface area (Å²) in [6.45, 7) is 11.0. The summed E-state index contributed by atoms with van der Waals surface area (Å²) in [6.07, 6.45) is -0.546. The second-order valence-corrected chi connectivity index (χ2v) is 5.26. The summed E-state index contributed by atoms with van der Waals surface area (Å²) < 4.78 is 5.49. The molecule has 0 heterocycles. The van der Waals surface area contributed by atoms with Gasteiger partial charge in [-0.2, -0.15) is 5.26 Å². The van der Waals surface area contributed by atoms with Crippen molar-refractivity contribution in [2.45, 2.75) is 52.4 Å². The first-order valence-electron chi connectivity index (χ1n) is 5.69. The second-order valence-electron chi connectivity index (χ2n) is 5.26. The predicted molar refractivity (Wildman–Crippen MR) is 64.0 cm³/mol. The molecule has 0 aliphatic heterocycles. The maximum absolute atomic E-state index is 9.78. The molecule has 0 radical (unpaired) electrons. The Morgan fingerprint density at radius 1 is 1.38 bits per heavy atom. The lowest BCUT2D eigenvalue weighted by atomic mass is 10.2. The van der Waals surface area contributed by atoms with Gasteiger partial charge in [-0.25, -0.2) is 0 Å². The summed E-state index contributed by atoms with van der Waals surface area (Å²) in [5.41, 5.74) is -0.237. The van der Waals surface area contributed by atoms with Crippen molar-refractivity contribution in [1.29, 1.82) is 5.26 Å². The number of nitriles is 1. The van der Waals surface area contributed by atoms with E-state index in [-0.39, 0.29) is 11.6 Å². The monoisotopic (exact) mass is 228 g/mol. The van der Waals surface area contributed by atoms with Crippen molar-refractivity contribution in [2.75, 3.05) is 19.7 Å². The van der Waals surface area contributed by atoms with Crippen LogP contribution in [0.1, 0.15) is 34.6 Å². The average Bonchev–Trinajstić information content (AvgIpc) is 2.13. The zero-order valence-corrected chi connectivity index (χ0v) is 11.0. The molecule has 0 aromatic rings. The van der Waals surface area contributed by atoms with Crippen molar-refractivity contribution in [3.05, 3.63) is 0 Å². The van der Waals surface area contributed by atoms with E-state index in [0.717, 1.165) is 0 Å². The van der Waals surface area contributed by atoms with Crippen LogP contribution >= 0.6 is 0 Å². The van der Waals surface area contributed by atoms with Crippen LogP contribution in [-0.4, -0.2) is 47.4 Å². The lowest BCUT2D eigenvalue weighted by Gasteiger charge is -2.28. The smallest absolute Gasteiger partial charge is 0.0900 e. The van der Waals surface area contributed by atoms with Gasteiger partial charge in [-0.15, -0.1) is 0 Å². The maximum atomic E-state index is 9.78. The van der Waals surface area contributed by atoms with Gasteiger partial charge in [-0.1, -0.05) is 0 Å². The van der Waals surface area contributed by atoms with Crippen molar-refractivity contribution < 1.29 is 9.84 Å². The van der Waals surface area contributed by atoms with E-state index < -0.39 is 6.10 Å². The summed E-state index contributed by atoms with van der Waals surface area (Å²) in [5.74, 6) is 0. The molecule has 0 saturated carbocycles. The van der Waals surface area contributed by atoms with Crippen molar-refractivity contribution in [3.8, 4) is 6.07 Å². The van der Waals surface area contributed by atoms with Gasteiger partial charge in [0.15, 0.2) is 0 Å². The lowest BCUT2D eigenvalue weighted by molar-refractivity contribution is -0.0570. The molecule has 1 unspecified atom stereocenters. The summed E-state index contributed by atoms with van der Waals surface area (Å²) in [7, 11) is 0. The first kappa shape index (κ1) is 15.4. The molecule has 94 valence electrons. The van der Waals surface area contributed by atoms with Crippen LogP contribution in [-0.2, 0) is 4.74 Å². The van der Waals surface area contributed by atoms with Crippen molar-refractivity contribution >= 4 is 0 Å². The highest BCUT2D eigenvalue weighted by Gasteiger charge is 2.17. The van der Waals surface area contributed by atoms with E-state index in [0.29, 0.717) is 19.7 Å². The molecule has 0 bridgehead atoms. The molecule has 0 saturated heterocycles. The Kier molecular flexibility index (Phi) is 6.58. The summed E-state index contributed by atoms with van der Waals surface area (Å²) in [5, 5.41) is 18.4. The molecule has 0 rings (SSSR count). The zero-order valence-electron chi connectivity index (χ0n) is 11.0. The number of aliphatic hydroxyl groups is 1. The Morgan fingerprint density at radius 3 is 2.31 bits per heavy atom. The maximum Gasteiger partial charge on any atom is 0.0900 e. The Balaban J connectivity index is 4.01. The Labute approximate surface area is 98.8 Å². The van der Waals surface area contributed by atoms with E-state index in [4.69, 9.17) is 10.00 Å². The number of nitrogens with zero attached hydrogens (tertiary/aromatic N) is 2. The topological polar surface area (TPSA) is 56.5 Å². The molecule has 0 aromatic carbocycles. The minimum Gasteiger partial charge on any atom is -0.389 e. The third kappa shape index (κ3) is 7.63. The highest BCUT2D eigenvalue weighted by Crippen LogP contribution is 2.08. The molecular weight excluding hydrogens is 204 g/mol. The quantitative estimate of drug-likeness (QED) is 0.698. The van der Waals surface area contributed by atoms with E-state index in [9.17, 15) is 5.11 Å². The van der Waals surface area contributed by atoms with E-state index >= 15 is 0 Å². The lowest BCUT2D eigenvalue weighted by Crippen LogP contribution is -2.40. The van der Waals surface area contributed by atoms with Crippen LogP contribution in [0, 0.1) is 11.3 Å². The van der Waals surface area contributed by atoms with E-state index in [1.54, 1.807) is 0 Å². The molecule has 0 aromatic heterocycles. The molecule has 0 spiro atoms. The van der Waals surface area contributed by atoms with Gasteiger partial charge in [0, 0.05) is 12.6 Å². The van der Waals surface area contributed by atoms with Crippen LogP contribution in [0.4, 0.5) is 0 Å². The summed E-state index contributed by atoms with van der Waals surface area (Å²) >= 11 is 0. The third-order valence-electron chi connectivity index (χ3n) is 2.16. The fraction of sp³-hybridized carbons (Fsp3) is 0.917. The molecule has 1 N–H and O–H groups in total. The van der Waals surface area contributed by atoms with Gasteiger partial charge >= 0.3 is 0 Å². The number of ether oxygens (including phenoxy) is 1. The fourth-order valence-electron chi connectivity index (χ4n) is 1.22. The second kappa shape index (κ2) is 6.85. The van der Waals surface area contributed by atoms with Gasteiger partial charge in [0.2, 0.25) is 0 Å². The fourth-order valence-corrected chi connectivity index (χ4v) is 1.22. The van der Waals surface area contributed by atoms with Crippen LogP contribution in [0.5, 0.6) is 0 Å². The minimum absolute atomic E-state index is 0.237. The standard InChI is InChI=1S/C12H24N2O2/c1-10(2)14(7-6-13)8-11(15)9-16-12(3,4)5/h10-11,15H,7-9H2,1-5H3. The van der Waals surface area contributed by atoms with Crippen LogP contribution in [0.2, 0.25) is 0 Å². The number of aliphatic hydroxyl groups excluding tert-OH is 1. The van der Waals surface area contributed by atoms with Gasteiger partial charge in [0.1, 0.15) is 0 Å². The van der Waals surface area contributed by atoms with Crippen molar-refractivity contribution in [1.82, 2.24) is 4.90 Å². The van der Waals surface area contributed by atoms with Crippen molar-refractivity contribution in [3.63, 3.8) is 0 Å². The number of rotatable bonds is 6. The first-order valence-corrected chi connectivity index (χ1v) is 5.69. The van der Waals surface area contributed by atoms with Crippen LogP contribution < -0.4 is 0 Å². The van der Waals surface area contributed by atoms with Gasteiger partial charge in [0.05, 0.1) is 30.9 Å². The first-order chi connectivity index (χ1) is 7.26. The third-order valence-corrected chi connectivity index (χ3v) is 2.16. The molecule has 0 aliphatic rings. The van der Waals surface area contributed by atoms with E-state index in [2.05, 4.69) is 6.07 Å². The van der Waals surface area contributed by atoms with Crippen LogP contribution in [0.15, 0.2) is 0 Å². The van der Waals surface area contributed by atoms with E-state index in [1.165, 1.54) is 0 Å². The number of hydrogen-bond donors (Lipinski definition) is 1. The molecule has 0 amide bonds. The van der Waals surface area contributed by atoms with Gasteiger partial charge < -0.3 is 9.84 Å². The molecule has 1 atom stereocenters. The van der Waals surface area contributed by atoms with Crippen molar-refractivity contribution in [2.24, 2.45) is 0 Å². The van der Waals surface area contributed by atoms with Gasteiger partial charge in [0.25, 0.3) is 0 Å². The molecule has 0 aliphatic carbocycles. The van der Waals surface area contributed by atoms with Gasteiger partial charge in [-0.3, -0.25) is 4.90 Å². The Hall–Kier alpha value is -0.630. The highest BCUT2D eigenvalue weighted by molar-refractivity contribution is 4.80. The molecule has 16 heavy (non-hydrogen) atoms. The molecule has 4 nitrogen and oxygen atoms in total. The summed E-state index contributed by atoms with van der Waals surface area (Å²) in [4.78, 5) is 1.93. The van der Waals surface area contributed by atoms with Crippen LogP contribution in [0.25, 0.3) is 0 Å².